The molecule has 0 saturated heterocycles. The van der Waals surface area contributed by atoms with E-state index in [1.54, 1.807) is 37.4 Å². The van der Waals surface area contributed by atoms with E-state index in [1.807, 2.05) is 25.1 Å². The second kappa shape index (κ2) is 9.67. The number of nitriles is 2. The Labute approximate surface area is 185 Å². The van der Waals surface area contributed by atoms with Crippen molar-refractivity contribution in [3.05, 3.63) is 81.9 Å². The molecule has 0 unspecified atom stereocenters. The molecule has 3 aromatic rings. The Hall–Kier alpha value is -4.00. The number of nitrogens with zero attached hydrogens (tertiary/aromatic N) is 2. The van der Waals surface area contributed by atoms with Crippen LogP contribution in [0.5, 0.6) is 17.2 Å². The van der Waals surface area contributed by atoms with Crippen LogP contribution in [-0.4, -0.2) is 13.0 Å². The maximum atomic E-state index is 12.4. The molecule has 3 rings (SSSR count). The number of methoxy groups -OCH3 is 1. The minimum Gasteiger partial charge on any atom is -0.497 e. The summed E-state index contributed by atoms with van der Waals surface area (Å²) < 4.78 is 10.9. The first-order chi connectivity index (χ1) is 14.9. The van der Waals surface area contributed by atoms with Gasteiger partial charge in [0.25, 0.3) is 0 Å². The van der Waals surface area contributed by atoms with Crippen molar-refractivity contribution >= 4 is 23.2 Å². The lowest BCUT2D eigenvalue weighted by Crippen LogP contribution is -2.15. The highest BCUT2D eigenvalue weighted by Gasteiger charge is 2.11. The van der Waals surface area contributed by atoms with Gasteiger partial charge < -0.3 is 14.8 Å². The van der Waals surface area contributed by atoms with E-state index in [0.717, 1.165) is 11.3 Å². The van der Waals surface area contributed by atoms with Gasteiger partial charge in [0.15, 0.2) is 0 Å². The number of hydrogen-bond acceptors (Lipinski definition) is 5. The number of amides is 1. The minimum absolute atomic E-state index is 0.133. The molecule has 31 heavy (non-hydrogen) atoms. The normalized spacial score (nSPS) is 9.97. The maximum Gasteiger partial charge on any atom is 0.228 e. The summed E-state index contributed by atoms with van der Waals surface area (Å²) in [7, 11) is 1.59. The Kier molecular flexibility index (Phi) is 6.77. The summed E-state index contributed by atoms with van der Waals surface area (Å²) >= 11 is 6.33. The lowest BCUT2D eigenvalue weighted by molar-refractivity contribution is -0.115. The van der Waals surface area contributed by atoms with Crippen LogP contribution in [0.1, 0.15) is 22.3 Å². The largest absolute Gasteiger partial charge is 0.497 e. The number of carbonyl (C=O) groups excluding carboxylic acids is 1. The average Bonchev–Trinajstić information content (AvgIpc) is 2.76. The molecule has 0 heterocycles. The van der Waals surface area contributed by atoms with E-state index in [9.17, 15) is 4.79 Å². The third-order valence-corrected chi connectivity index (χ3v) is 4.76. The molecule has 6 nitrogen and oxygen atoms in total. The number of benzene rings is 3. The highest BCUT2D eigenvalue weighted by Crippen LogP contribution is 2.31. The molecular formula is C24H18ClN3O3. The predicted octanol–water partition coefficient (Wildman–Crippen LogP) is 5.37. The van der Waals surface area contributed by atoms with Crippen molar-refractivity contribution in [3.63, 3.8) is 0 Å². The molecule has 0 aliphatic heterocycles. The zero-order valence-corrected chi connectivity index (χ0v) is 17.7. The molecule has 0 aliphatic carbocycles. The van der Waals surface area contributed by atoms with Gasteiger partial charge in [0.1, 0.15) is 17.2 Å². The third kappa shape index (κ3) is 5.54. The molecule has 0 spiro atoms. The number of halogens is 1. The highest BCUT2D eigenvalue weighted by atomic mass is 35.5. The molecule has 0 fully saturated rings. The van der Waals surface area contributed by atoms with Crippen molar-refractivity contribution in [3.8, 4) is 29.4 Å². The quantitative estimate of drug-likeness (QED) is 0.565. The van der Waals surface area contributed by atoms with Crippen LogP contribution < -0.4 is 14.8 Å². The van der Waals surface area contributed by atoms with Gasteiger partial charge >= 0.3 is 0 Å². The van der Waals surface area contributed by atoms with E-state index in [4.69, 9.17) is 31.6 Å². The summed E-state index contributed by atoms with van der Waals surface area (Å²) in [5.41, 5.74) is 2.94. The van der Waals surface area contributed by atoms with Crippen molar-refractivity contribution in [2.24, 2.45) is 0 Å². The highest BCUT2D eigenvalue weighted by molar-refractivity contribution is 6.32. The SMILES string of the molecule is COc1ccc(NC(=O)Cc2ccc(Oc3cc(C#N)cc(C#N)c3)c(Cl)c2)c(C)c1. The first-order valence-corrected chi connectivity index (χ1v) is 9.65. The molecule has 1 N–H and O–H groups in total. The van der Waals surface area contributed by atoms with Gasteiger partial charge in [0.2, 0.25) is 5.91 Å². The number of aryl methyl sites for hydroxylation is 1. The van der Waals surface area contributed by atoms with E-state index >= 15 is 0 Å². The van der Waals surface area contributed by atoms with Crippen LogP contribution in [0.4, 0.5) is 5.69 Å². The molecule has 154 valence electrons. The van der Waals surface area contributed by atoms with Crippen molar-refractivity contribution in [2.75, 3.05) is 12.4 Å². The Morgan fingerprint density at radius 2 is 1.71 bits per heavy atom. The smallest absolute Gasteiger partial charge is 0.228 e. The van der Waals surface area contributed by atoms with Crippen LogP contribution in [0.15, 0.2) is 54.6 Å². The zero-order chi connectivity index (χ0) is 22.4. The van der Waals surface area contributed by atoms with Gasteiger partial charge in [-0.05, 0) is 66.6 Å². The predicted molar refractivity (Wildman–Crippen MR) is 117 cm³/mol. The Morgan fingerprint density at radius 3 is 2.29 bits per heavy atom. The van der Waals surface area contributed by atoms with Gasteiger partial charge in [0.05, 0.1) is 41.8 Å². The number of hydrogen-bond donors (Lipinski definition) is 1. The van der Waals surface area contributed by atoms with Crippen molar-refractivity contribution in [1.29, 1.82) is 10.5 Å². The Morgan fingerprint density at radius 1 is 1.00 bits per heavy atom. The Bertz CT molecular complexity index is 1190. The molecule has 7 heteroatoms. The van der Waals surface area contributed by atoms with Crippen LogP contribution in [0.25, 0.3) is 0 Å². The first-order valence-electron chi connectivity index (χ1n) is 9.28. The lowest BCUT2D eigenvalue weighted by Gasteiger charge is -2.12. The minimum atomic E-state index is -0.182. The second-order valence-corrected chi connectivity index (χ2v) is 7.15. The van der Waals surface area contributed by atoms with Crippen LogP contribution in [0.3, 0.4) is 0 Å². The molecule has 3 aromatic carbocycles. The molecule has 0 aromatic heterocycles. The summed E-state index contributed by atoms with van der Waals surface area (Å²) in [4.78, 5) is 12.4. The van der Waals surface area contributed by atoms with Crippen molar-refractivity contribution in [2.45, 2.75) is 13.3 Å². The van der Waals surface area contributed by atoms with E-state index < -0.39 is 0 Å². The average molecular weight is 432 g/mol. The first kappa shape index (κ1) is 21.7. The van der Waals surface area contributed by atoms with E-state index in [0.29, 0.717) is 38.9 Å². The van der Waals surface area contributed by atoms with Crippen LogP contribution in [-0.2, 0) is 11.2 Å². The monoisotopic (exact) mass is 431 g/mol. The van der Waals surface area contributed by atoms with E-state index in [-0.39, 0.29) is 12.3 Å². The van der Waals surface area contributed by atoms with Gasteiger partial charge in [-0.1, -0.05) is 17.7 Å². The lowest BCUT2D eigenvalue weighted by atomic mass is 10.1. The zero-order valence-electron chi connectivity index (χ0n) is 16.9. The number of anilines is 1. The summed E-state index contributed by atoms with van der Waals surface area (Å²) in [6, 6.07) is 18.9. The number of rotatable bonds is 6. The summed E-state index contributed by atoms with van der Waals surface area (Å²) in [5.74, 6) is 1.23. The standard InChI is InChI=1S/C24H18ClN3O3/c1-15-7-19(30-2)4-5-22(15)28-24(29)12-16-3-6-23(21(25)11-16)31-20-9-17(13-26)8-18(10-20)14-27/h3-11H,12H2,1-2H3,(H,28,29). The van der Waals surface area contributed by atoms with Crippen LogP contribution >= 0.6 is 11.6 Å². The van der Waals surface area contributed by atoms with Crippen molar-refractivity contribution < 1.29 is 14.3 Å². The van der Waals surface area contributed by atoms with Crippen LogP contribution in [0, 0.1) is 29.6 Å². The Balaban J connectivity index is 1.70. The van der Waals surface area contributed by atoms with Gasteiger partial charge in [-0.2, -0.15) is 10.5 Å². The van der Waals surface area contributed by atoms with Crippen molar-refractivity contribution in [1.82, 2.24) is 0 Å². The maximum absolute atomic E-state index is 12.4. The molecule has 0 saturated carbocycles. The molecular weight excluding hydrogens is 414 g/mol. The van der Waals surface area contributed by atoms with Gasteiger partial charge in [-0.25, -0.2) is 0 Å². The number of ether oxygens (including phenoxy) is 2. The van der Waals surface area contributed by atoms with E-state index in [1.165, 1.54) is 18.2 Å². The topological polar surface area (TPSA) is 95.1 Å². The molecule has 1 amide bonds. The number of carbonyl (C=O) groups is 1. The fourth-order valence-corrected chi connectivity index (χ4v) is 3.18. The van der Waals surface area contributed by atoms with Gasteiger partial charge in [-0.15, -0.1) is 0 Å². The third-order valence-electron chi connectivity index (χ3n) is 4.46. The summed E-state index contributed by atoms with van der Waals surface area (Å²) in [6.07, 6.45) is 0.133. The molecule has 0 atom stereocenters. The molecule has 0 radical (unpaired) electrons. The second-order valence-electron chi connectivity index (χ2n) is 6.74. The van der Waals surface area contributed by atoms with Crippen LogP contribution in [0.2, 0.25) is 5.02 Å². The van der Waals surface area contributed by atoms with E-state index in [2.05, 4.69) is 5.32 Å². The fraction of sp³-hybridized carbons (Fsp3) is 0.125. The molecule has 0 aliphatic rings. The van der Waals surface area contributed by atoms with Gasteiger partial charge in [0, 0.05) is 5.69 Å². The van der Waals surface area contributed by atoms with Gasteiger partial charge in [-0.3, -0.25) is 4.79 Å². The molecule has 0 bridgehead atoms. The summed E-state index contributed by atoms with van der Waals surface area (Å²) in [6.45, 7) is 1.89. The fourth-order valence-electron chi connectivity index (χ4n) is 2.93. The number of nitrogens with one attached hydrogen (secondary N) is 1. The summed E-state index contributed by atoms with van der Waals surface area (Å²) in [5, 5.41) is 21.4.